The van der Waals surface area contributed by atoms with Gasteiger partial charge in [-0.05, 0) is 30.5 Å². The first-order valence-electron chi connectivity index (χ1n) is 10.6. The summed E-state index contributed by atoms with van der Waals surface area (Å²) < 4.78 is 5.24. The summed E-state index contributed by atoms with van der Waals surface area (Å²) in [6.45, 7) is 3.45. The molecule has 2 aromatic carbocycles. The number of fused-ring (bicyclic) bond motifs is 5. The Bertz CT molecular complexity index is 1240. The summed E-state index contributed by atoms with van der Waals surface area (Å²) in [7, 11) is 0. The van der Waals surface area contributed by atoms with Crippen molar-refractivity contribution in [1.29, 1.82) is 0 Å². The van der Waals surface area contributed by atoms with E-state index in [4.69, 9.17) is 4.74 Å². The second kappa shape index (κ2) is 7.51. The van der Waals surface area contributed by atoms with E-state index < -0.39 is 46.6 Å². The Balaban J connectivity index is 1.65. The average molecular weight is 448 g/mol. The maximum atomic E-state index is 13.7. The van der Waals surface area contributed by atoms with Gasteiger partial charge in [0.05, 0.1) is 41.3 Å². The number of carbonyl (C=O) groups is 3. The fourth-order valence-corrected chi connectivity index (χ4v) is 5.06. The van der Waals surface area contributed by atoms with Gasteiger partial charge < -0.3 is 4.74 Å². The number of carbonyl (C=O) groups excluding carboxylic acids is 3. The predicted octanol–water partition coefficient (Wildman–Crippen LogP) is 2.34. The van der Waals surface area contributed by atoms with Gasteiger partial charge in [-0.1, -0.05) is 30.3 Å². The zero-order valence-corrected chi connectivity index (χ0v) is 17.9. The average Bonchev–Trinajstić information content (AvgIpc) is 3.27. The number of benzene rings is 2. The molecule has 168 valence electrons. The summed E-state index contributed by atoms with van der Waals surface area (Å²) in [5.41, 5.74) is 2.04. The molecule has 0 bridgehead atoms. The van der Waals surface area contributed by atoms with Crippen LogP contribution in [0.3, 0.4) is 0 Å². The lowest BCUT2D eigenvalue weighted by Gasteiger charge is -2.33. The molecule has 2 amide bonds. The summed E-state index contributed by atoms with van der Waals surface area (Å²) in [5, 5.41) is 17.2. The smallest absolute Gasteiger partial charge is 0.331 e. The number of anilines is 1. The van der Waals surface area contributed by atoms with Crippen LogP contribution < -0.4 is 4.90 Å². The van der Waals surface area contributed by atoms with Crippen molar-refractivity contribution in [1.82, 2.24) is 5.01 Å². The lowest BCUT2D eigenvalue weighted by atomic mass is 9.85. The van der Waals surface area contributed by atoms with Crippen molar-refractivity contribution in [3.63, 3.8) is 0 Å². The first kappa shape index (κ1) is 20.8. The van der Waals surface area contributed by atoms with Gasteiger partial charge >= 0.3 is 5.97 Å². The summed E-state index contributed by atoms with van der Waals surface area (Å²) in [4.78, 5) is 52.1. The molecule has 4 atom stereocenters. The van der Waals surface area contributed by atoms with Gasteiger partial charge in [0.15, 0.2) is 6.04 Å². The van der Waals surface area contributed by atoms with Crippen LogP contribution in [-0.2, 0) is 19.1 Å². The maximum absolute atomic E-state index is 13.7. The molecule has 0 radical (unpaired) electrons. The van der Waals surface area contributed by atoms with Crippen LogP contribution in [0.1, 0.15) is 29.7 Å². The molecule has 0 aromatic heterocycles. The molecule has 10 heteroatoms. The monoisotopic (exact) mass is 448 g/mol. The lowest BCUT2D eigenvalue weighted by molar-refractivity contribution is -0.384. The number of esters is 1. The van der Waals surface area contributed by atoms with Crippen molar-refractivity contribution >= 4 is 35.4 Å². The summed E-state index contributed by atoms with van der Waals surface area (Å²) in [5.74, 6) is -3.64. The fourth-order valence-electron chi connectivity index (χ4n) is 5.06. The number of nitro benzene ring substituents is 1. The Labute approximate surface area is 188 Å². The molecule has 2 aromatic rings. The van der Waals surface area contributed by atoms with Gasteiger partial charge in [0, 0.05) is 12.1 Å². The molecule has 33 heavy (non-hydrogen) atoms. The van der Waals surface area contributed by atoms with Gasteiger partial charge in [-0.15, -0.1) is 0 Å². The first-order valence-corrected chi connectivity index (χ1v) is 10.6. The second-order valence-corrected chi connectivity index (χ2v) is 8.19. The van der Waals surface area contributed by atoms with Gasteiger partial charge in [0.2, 0.25) is 11.8 Å². The third-order valence-corrected chi connectivity index (χ3v) is 6.47. The molecular weight excluding hydrogens is 428 g/mol. The van der Waals surface area contributed by atoms with E-state index in [1.54, 1.807) is 20.1 Å². The minimum absolute atomic E-state index is 0.112. The van der Waals surface area contributed by atoms with Gasteiger partial charge in [0.1, 0.15) is 0 Å². The Morgan fingerprint density at radius 2 is 1.88 bits per heavy atom. The standard InChI is InChI=1S/C23H20N4O6/c1-3-33-23(30)20-18-17(19-15-7-5-4-6-13(15)11-24-26(19)20)21(28)25(22(18)29)16-10-14(27(31)32)9-8-12(16)2/h4-11,17-20H,3H2,1-2H3/t17-,18-,19+,20+/m1/s1. The van der Waals surface area contributed by atoms with Crippen LogP contribution in [0.15, 0.2) is 47.6 Å². The van der Waals surface area contributed by atoms with E-state index in [0.29, 0.717) is 5.56 Å². The molecule has 0 N–H and O–H groups in total. The van der Waals surface area contributed by atoms with E-state index in [-0.39, 0.29) is 18.0 Å². The lowest BCUT2D eigenvalue weighted by Crippen LogP contribution is -2.45. The molecule has 0 spiro atoms. The van der Waals surface area contributed by atoms with E-state index >= 15 is 0 Å². The van der Waals surface area contributed by atoms with Crippen molar-refractivity contribution in [3.8, 4) is 0 Å². The number of ether oxygens (including phenoxy) is 1. The van der Waals surface area contributed by atoms with Crippen LogP contribution in [0.2, 0.25) is 0 Å². The van der Waals surface area contributed by atoms with E-state index in [1.807, 2.05) is 24.3 Å². The molecule has 0 unspecified atom stereocenters. The van der Waals surface area contributed by atoms with Crippen LogP contribution in [0.25, 0.3) is 0 Å². The Kier molecular flexibility index (Phi) is 4.73. The predicted molar refractivity (Wildman–Crippen MR) is 116 cm³/mol. The molecule has 10 nitrogen and oxygen atoms in total. The van der Waals surface area contributed by atoms with Crippen LogP contribution >= 0.6 is 0 Å². The van der Waals surface area contributed by atoms with Crippen molar-refractivity contribution in [2.45, 2.75) is 25.9 Å². The molecular formula is C23H20N4O6. The summed E-state index contributed by atoms with van der Waals surface area (Å²) in [6, 6.07) is 9.70. The van der Waals surface area contributed by atoms with Crippen LogP contribution in [-0.4, -0.2) is 46.6 Å². The van der Waals surface area contributed by atoms with Crippen LogP contribution in [0.4, 0.5) is 11.4 Å². The summed E-state index contributed by atoms with van der Waals surface area (Å²) >= 11 is 0. The first-order chi connectivity index (χ1) is 15.8. The zero-order chi connectivity index (χ0) is 23.4. The minimum atomic E-state index is -1.08. The van der Waals surface area contributed by atoms with Crippen LogP contribution in [0, 0.1) is 28.9 Å². The van der Waals surface area contributed by atoms with Gasteiger partial charge in [-0.25, -0.2) is 9.69 Å². The van der Waals surface area contributed by atoms with Gasteiger partial charge in [0.25, 0.3) is 5.69 Å². The molecule has 0 aliphatic carbocycles. The van der Waals surface area contributed by atoms with Crippen molar-refractivity contribution < 1.29 is 24.0 Å². The molecule has 3 heterocycles. The van der Waals surface area contributed by atoms with Crippen molar-refractivity contribution in [2.24, 2.45) is 16.9 Å². The highest BCUT2D eigenvalue weighted by atomic mass is 16.6. The van der Waals surface area contributed by atoms with Gasteiger partial charge in [-0.2, -0.15) is 5.10 Å². The largest absolute Gasteiger partial charge is 0.464 e. The molecule has 2 fully saturated rings. The maximum Gasteiger partial charge on any atom is 0.331 e. The normalized spacial score (nSPS) is 25.0. The van der Waals surface area contributed by atoms with E-state index in [9.17, 15) is 24.5 Å². The van der Waals surface area contributed by atoms with Crippen molar-refractivity contribution in [2.75, 3.05) is 11.5 Å². The third kappa shape index (κ3) is 2.94. The summed E-state index contributed by atoms with van der Waals surface area (Å²) in [6.07, 6.45) is 1.61. The molecule has 3 aliphatic heterocycles. The zero-order valence-electron chi connectivity index (χ0n) is 17.9. The fraction of sp³-hybridized carbons (Fsp3) is 0.304. The highest BCUT2D eigenvalue weighted by Gasteiger charge is 2.66. The quantitative estimate of drug-likeness (QED) is 0.304. The number of hydrogen-bond donors (Lipinski definition) is 0. The number of nitrogens with zero attached hydrogens (tertiary/aromatic N) is 4. The number of imide groups is 1. The number of amides is 2. The number of hydrazone groups is 1. The number of nitro groups is 1. The molecule has 5 rings (SSSR count). The second-order valence-electron chi connectivity index (χ2n) is 8.19. The van der Waals surface area contributed by atoms with E-state index in [0.717, 1.165) is 16.0 Å². The van der Waals surface area contributed by atoms with E-state index in [1.165, 1.54) is 23.2 Å². The number of rotatable bonds is 4. The molecule has 3 aliphatic rings. The van der Waals surface area contributed by atoms with Gasteiger partial charge in [-0.3, -0.25) is 24.7 Å². The SMILES string of the molecule is CCOC(=O)[C@@H]1[C@@H]2C(=O)N(c3cc([N+](=O)[O-])ccc3C)C(=O)[C@H]2[C@@H]2c3ccccc3C=NN12. The topological polar surface area (TPSA) is 122 Å². The third-order valence-electron chi connectivity index (χ3n) is 6.47. The highest BCUT2D eigenvalue weighted by molar-refractivity contribution is 6.24. The van der Waals surface area contributed by atoms with Crippen LogP contribution in [0.5, 0.6) is 0 Å². The Morgan fingerprint density at radius 1 is 1.15 bits per heavy atom. The molecule has 0 saturated carbocycles. The minimum Gasteiger partial charge on any atom is -0.464 e. The highest BCUT2D eigenvalue weighted by Crippen LogP contribution is 2.53. The number of hydrogen-bond acceptors (Lipinski definition) is 8. The number of non-ortho nitro benzene ring substituents is 1. The van der Waals surface area contributed by atoms with Crippen molar-refractivity contribution in [3.05, 3.63) is 69.3 Å². The Morgan fingerprint density at radius 3 is 2.61 bits per heavy atom. The Hall–Kier alpha value is -4.08. The molecule has 2 saturated heterocycles. The number of aryl methyl sites for hydroxylation is 1. The van der Waals surface area contributed by atoms with E-state index in [2.05, 4.69) is 5.10 Å².